The van der Waals surface area contributed by atoms with E-state index in [1.54, 1.807) is 0 Å². The van der Waals surface area contributed by atoms with Gasteiger partial charge in [0.1, 0.15) is 5.75 Å². The second kappa shape index (κ2) is 6.65. The normalized spacial score (nSPS) is 9.58. The topological polar surface area (TPSA) is 87.7 Å². The van der Waals surface area contributed by atoms with Crippen LogP contribution in [0.25, 0.3) is 0 Å². The lowest BCUT2D eigenvalue weighted by atomic mass is 10.1. The summed E-state index contributed by atoms with van der Waals surface area (Å²) in [6.07, 6.45) is 0. The summed E-state index contributed by atoms with van der Waals surface area (Å²) in [6, 6.07) is 3.67. The number of methoxy groups -OCH3 is 1. The Hall–Kier alpha value is -2.21. The van der Waals surface area contributed by atoms with Crippen LogP contribution >= 0.6 is 11.6 Å². The number of amides is 2. The second-order valence-electron chi connectivity index (χ2n) is 3.54. The molecule has 0 saturated carbocycles. The van der Waals surface area contributed by atoms with Crippen molar-refractivity contribution in [2.45, 2.75) is 0 Å². The average Bonchev–Trinajstić information content (AvgIpc) is 2.35. The van der Waals surface area contributed by atoms with E-state index in [1.165, 1.54) is 25.3 Å². The molecule has 0 fully saturated rings. The van der Waals surface area contributed by atoms with E-state index >= 15 is 0 Å². The zero-order chi connectivity index (χ0) is 14.4. The fourth-order valence-electron chi connectivity index (χ4n) is 1.28. The molecule has 0 aliphatic heterocycles. The molecule has 0 heterocycles. The maximum atomic E-state index is 11.5. The van der Waals surface area contributed by atoms with Crippen LogP contribution in [-0.2, 0) is 0 Å². The molecule has 1 rings (SSSR count). The van der Waals surface area contributed by atoms with E-state index < -0.39 is 12.0 Å². The van der Waals surface area contributed by atoms with E-state index in [0.29, 0.717) is 5.75 Å². The highest BCUT2D eigenvalue weighted by Gasteiger charge is 2.13. The number of hydrogen-bond donors (Lipinski definition) is 3. The number of benzene rings is 1. The Morgan fingerprint density at radius 3 is 2.68 bits per heavy atom. The molecule has 0 saturated heterocycles. The van der Waals surface area contributed by atoms with Crippen molar-refractivity contribution in [2.75, 3.05) is 19.0 Å². The first-order chi connectivity index (χ1) is 8.93. The fourth-order valence-corrected chi connectivity index (χ4v) is 1.35. The Morgan fingerprint density at radius 1 is 1.47 bits per heavy atom. The average molecular weight is 285 g/mol. The fraction of sp³-hybridized carbons (Fsp3) is 0.167. The molecular formula is C12H13ClN2O4. The number of urea groups is 1. The van der Waals surface area contributed by atoms with Gasteiger partial charge in [0, 0.05) is 11.1 Å². The zero-order valence-corrected chi connectivity index (χ0v) is 11.0. The van der Waals surface area contributed by atoms with Gasteiger partial charge in [0.05, 0.1) is 24.9 Å². The molecule has 19 heavy (non-hydrogen) atoms. The Kier molecular flexibility index (Phi) is 5.20. The minimum absolute atomic E-state index is 0.0411. The number of carbonyl (C=O) groups excluding carboxylic acids is 1. The monoisotopic (exact) mass is 284 g/mol. The number of nitrogens with one attached hydrogen (secondary N) is 2. The summed E-state index contributed by atoms with van der Waals surface area (Å²) < 4.78 is 4.97. The first-order valence-corrected chi connectivity index (χ1v) is 5.61. The number of rotatable bonds is 5. The lowest BCUT2D eigenvalue weighted by Crippen LogP contribution is -2.30. The van der Waals surface area contributed by atoms with E-state index in [4.69, 9.17) is 21.4 Å². The predicted octanol–water partition coefficient (Wildman–Crippen LogP) is 2.27. The van der Waals surface area contributed by atoms with Gasteiger partial charge in [-0.05, 0) is 12.1 Å². The molecule has 0 aliphatic carbocycles. The van der Waals surface area contributed by atoms with Crippen molar-refractivity contribution < 1.29 is 19.4 Å². The number of carbonyl (C=O) groups is 2. The molecule has 0 aromatic heterocycles. The third-order valence-corrected chi connectivity index (χ3v) is 2.28. The first-order valence-electron chi connectivity index (χ1n) is 5.23. The molecule has 0 atom stereocenters. The molecule has 0 unspecified atom stereocenters. The number of halogens is 1. The van der Waals surface area contributed by atoms with Crippen molar-refractivity contribution in [3.63, 3.8) is 0 Å². The van der Waals surface area contributed by atoms with Gasteiger partial charge in [-0.1, -0.05) is 18.2 Å². The van der Waals surface area contributed by atoms with E-state index in [9.17, 15) is 9.59 Å². The van der Waals surface area contributed by atoms with Gasteiger partial charge in [0.25, 0.3) is 0 Å². The maximum Gasteiger partial charge on any atom is 0.337 e. The van der Waals surface area contributed by atoms with Crippen LogP contribution in [0.4, 0.5) is 10.5 Å². The summed E-state index contributed by atoms with van der Waals surface area (Å²) in [5.41, 5.74) is 0.0881. The van der Waals surface area contributed by atoms with Crippen molar-refractivity contribution in [2.24, 2.45) is 0 Å². The van der Waals surface area contributed by atoms with Gasteiger partial charge in [-0.2, -0.15) is 0 Å². The van der Waals surface area contributed by atoms with Crippen molar-refractivity contribution >= 4 is 29.3 Å². The van der Waals surface area contributed by atoms with Crippen molar-refractivity contribution in [1.29, 1.82) is 0 Å². The predicted molar refractivity (Wildman–Crippen MR) is 72.0 cm³/mol. The number of ether oxygens (including phenoxy) is 1. The van der Waals surface area contributed by atoms with Crippen molar-refractivity contribution in [1.82, 2.24) is 5.32 Å². The van der Waals surface area contributed by atoms with E-state index in [-0.39, 0.29) is 22.8 Å². The molecule has 1 aromatic carbocycles. The molecule has 6 nitrogen and oxygen atoms in total. The molecule has 0 radical (unpaired) electrons. The lowest BCUT2D eigenvalue weighted by molar-refractivity contribution is 0.0698. The van der Waals surface area contributed by atoms with Crippen molar-refractivity contribution in [3.8, 4) is 5.75 Å². The Bertz CT molecular complexity index is 516. The summed E-state index contributed by atoms with van der Waals surface area (Å²) in [4.78, 5) is 22.6. The van der Waals surface area contributed by atoms with Gasteiger partial charge in [-0.15, -0.1) is 0 Å². The Morgan fingerprint density at radius 2 is 2.16 bits per heavy atom. The number of aromatic carboxylic acids is 1. The van der Waals surface area contributed by atoms with Gasteiger partial charge >= 0.3 is 12.0 Å². The zero-order valence-electron chi connectivity index (χ0n) is 10.2. The SMILES string of the molecule is C=C(Cl)CNC(=O)Nc1cc(OC)ccc1C(=O)O. The Labute approximate surface area is 115 Å². The maximum absolute atomic E-state index is 11.5. The van der Waals surface area contributed by atoms with Crippen LogP contribution in [0.5, 0.6) is 5.75 Å². The van der Waals surface area contributed by atoms with Gasteiger partial charge in [-0.25, -0.2) is 9.59 Å². The van der Waals surface area contributed by atoms with Crippen LogP contribution in [0.3, 0.4) is 0 Å². The largest absolute Gasteiger partial charge is 0.497 e. The highest BCUT2D eigenvalue weighted by Crippen LogP contribution is 2.22. The van der Waals surface area contributed by atoms with Gasteiger partial charge in [0.15, 0.2) is 0 Å². The number of carboxylic acids is 1. The molecule has 0 spiro atoms. The third-order valence-electron chi connectivity index (χ3n) is 2.15. The third kappa shape index (κ3) is 4.51. The highest BCUT2D eigenvalue weighted by atomic mass is 35.5. The van der Waals surface area contributed by atoms with Crippen LogP contribution in [0.1, 0.15) is 10.4 Å². The number of anilines is 1. The minimum Gasteiger partial charge on any atom is -0.497 e. The van der Waals surface area contributed by atoms with Crippen LogP contribution in [0.15, 0.2) is 29.8 Å². The minimum atomic E-state index is -1.15. The summed E-state index contributed by atoms with van der Waals surface area (Å²) in [5.74, 6) is -0.721. The van der Waals surface area contributed by atoms with E-state index in [1.807, 2.05) is 0 Å². The highest BCUT2D eigenvalue weighted by molar-refractivity contribution is 6.29. The standard InChI is InChI=1S/C12H13ClN2O4/c1-7(13)6-14-12(18)15-10-5-8(19-2)3-4-9(10)11(16)17/h3-5H,1,6H2,2H3,(H,16,17)(H2,14,15,18). The van der Waals surface area contributed by atoms with Crippen LogP contribution in [0.2, 0.25) is 0 Å². The van der Waals surface area contributed by atoms with Gasteiger partial charge in [0.2, 0.25) is 0 Å². The van der Waals surface area contributed by atoms with Crippen LogP contribution in [0, 0.1) is 0 Å². The number of carboxylic acid groups (broad SMARTS) is 1. The Balaban J connectivity index is 2.88. The van der Waals surface area contributed by atoms with Crippen molar-refractivity contribution in [3.05, 3.63) is 35.4 Å². The van der Waals surface area contributed by atoms with Gasteiger partial charge < -0.3 is 20.5 Å². The summed E-state index contributed by atoms with van der Waals surface area (Å²) in [5, 5.41) is 14.1. The lowest BCUT2D eigenvalue weighted by Gasteiger charge is -2.11. The second-order valence-corrected chi connectivity index (χ2v) is 4.08. The molecule has 3 N–H and O–H groups in total. The summed E-state index contributed by atoms with van der Waals surface area (Å²) in [7, 11) is 1.44. The summed E-state index contributed by atoms with van der Waals surface area (Å²) >= 11 is 5.50. The molecule has 0 aliphatic rings. The molecule has 1 aromatic rings. The number of hydrogen-bond acceptors (Lipinski definition) is 3. The molecule has 2 amide bonds. The summed E-state index contributed by atoms with van der Waals surface area (Å²) in [6.45, 7) is 3.50. The van der Waals surface area contributed by atoms with E-state index in [0.717, 1.165) is 0 Å². The van der Waals surface area contributed by atoms with E-state index in [2.05, 4.69) is 17.2 Å². The molecule has 102 valence electrons. The quantitative estimate of drug-likeness (QED) is 0.774. The smallest absolute Gasteiger partial charge is 0.337 e. The van der Waals surface area contributed by atoms with Gasteiger partial charge in [-0.3, -0.25) is 0 Å². The molecule has 7 heteroatoms. The molecule has 0 bridgehead atoms. The first kappa shape index (κ1) is 14.8. The molecular weight excluding hydrogens is 272 g/mol. The van der Waals surface area contributed by atoms with Crippen LogP contribution in [-0.4, -0.2) is 30.8 Å². The van der Waals surface area contributed by atoms with Crippen LogP contribution < -0.4 is 15.4 Å².